The molecule has 0 N–H and O–H groups in total. The quantitative estimate of drug-likeness (QED) is 0.629. The van der Waals surface area contributed by atoms with Crippen LogP contribution >= 0.6 is 12.6 Å². The Labute approximate surface area is 74.0 Å². The average Bonchev–Trinajstić information content (AvgIpc) is 1.93. The first kappa shape index (κ1) is 8.54. The van der Waals surface area contributed by atoms with Crippen LogP contribution in [0.3, 0.4) is 0 Å². The monoisotopic (exact) mass is 165 g/mol. The lowest BCUT2D eigenvalue weighted by molar-refractivity contribution is 0.641. The van der Waals surface area contributed by atoms with Gasteiger partial charge in [-0.1, -0.05) is 44.7 Å². The number of rotatable bonds is 2. The van der Waals surface area contributed by atoms with Gasteiger partial charge in [0.05, 0.1) is 0 Å². The van der Waals surface area contributed by atoms with E-state index in [0.717, 1.165) is 11.3 Å². The molecule has 0 saturated heterocycles. The molecule has 0 amide bonds. The molecule has 1 heteroatoms. The predicted octanol–water partition coefficient (Wildman–Crippen LogP) is 3.44. The van der Waals surface area contributed by atoms with Crippen LogP contribution in [0, 0.1) is 5.92 Å². The minimum Gasteiger partial charge on any atom is -0.0798 e. The molecule has 0 aliphatic heterocycles. The first-order valence-electron chi connectivity index (χ1n) is 3.95. The van der Waals surface area contributed by atoms with Crippen LogP contribution in [0.4, 0.5) is 0 Å². The molecule has 0 heterocycles. The second-order valence-electron chi connectivity index (χ2n) is 3.21. The molecule has 0 unspecified atom stereocenters. The molecular weight excluding hydrogens is 152 g/mol. The molecule has 0 aromatic heterocycles. The van der Waals surface area contributed by atoms with Crippen molar-refractivity contribution in [3.05, 3.63) is 29.8 Å². The van der Waals surface area contributed by atoms with Crippen LogP contribution in [0.15, 0.2) is 29.2 Å². The van der Waals surface area contributed by atoms with Gasteiger partial charge in [-0.2, -0.15) is 0 Å². The lowest BCUT2D eigenvalue weighted by Gasteiger charge is -2.05. The second-order valence-corrected chi connectivity index (χ2v) is 3.65. The molecule has 1 radical (unpaired) electrons. The van der Waals surface area contributed by atoms with Gasteiger partial charge in [0.25, 0.3) is 0 Å². The zero-order chi connectivity index (χ0) is 8.27. The van der Waals surface area contributed by atoms with Crippen molar-refractivity contribution in [1.82, 2.24) is 0 Å². The van der Waals surface area contributed by atoms with E-state index in [-0.39, 0.29) is 0 Å². The van der Waals surface area contributed by atoms with Gasteiger partial charge in [0.1, 0.15) is 0 Å². The van der Waals surface area contributed by atoms with Gasteiger partial charge in [-0.05, 0) is 24.0 Å². The summed E-state index contributed by atoms with van der Waals surface area (Å²) in [7, 11) is 0. The lowest BCUT2D eigenvalue weighted by Crippen LogP contribution is -1.94. The summed E-state index contributed by atoms with van der Waals surface area (Å²) in [4.78, 5) is 1.00. The Morgan fingerprint density at radius 2 is 1.91 bits per heavy atom. The van der Waals surface area contributed by atoms with Crippen molar-refractivity contribution in [1.29, 1.82) is 0 Å². The molecule has 1 aromatic rings. The molecule has 1 aromatic carbocycles. The van der Waals surface area contributed by atoms with Crippen LogP contribution in [-0.4, -0.2) is 0 Å². The SMILES string of the molecule is CC(C)Cc1ccccc1[S]. The highest BCUT2D eigenvalue weighted by Crippen LogP contribution is 2.16. The molecule has 11 heavy (non-hydrogen) atoms. The smallest absolute Gasteiger partial charge is 0.0409 e. The summed E-state index contributed by atoms with van der Waals surface area (Å²) >= 11 is 5.17. The Balaban J connectivity index is 2.78. The van der Waals surface area contributed by atoms with E-state index in [0.29, 0.717) is 5.92 Å². The normalized spacial score (nSPS) is 10.5. The van der Waals surface area contributed by atoms with Crippen molar-refractivity contribution in [2.45, 2.75) is 25.2 Å². The van der Waals surface area contributed by atoms with E-state index in [4.69, 9.17) is 12.6 Å². The van der Waals surface area contributed by atoms with Crippen LogP contribution in [0.25, 0.3) is 0 Å². The molecule has 0 aliphatic carbocycles. The fourth-order valence-corrected chi connectivity index (χ4v) is 1.34. The summed E-state index contributed by atoms with van der Waals surface area (Å²) in [5, 5.41) is 0. The van der Waals surface area contributed by atoms with Gasteiger partial charge in [0.15, 0.2) is 0 Å². The Kier molecular flexibility index (Phi) is 2.89. The molecule has 0 spiro atoms. The first-order chi connectivity index (χ1) is 5.20. The fourth-order valence-electron chi connectivity index (χ4n) is 1.11. The van der Waals surface area contributed by atoms with Gasteiger partial charge in [-0.15, -0.1) is 0 Å². The molecule has 0 nitrogen and oxygen atoms in total. The van der Waals surface area contributed by atoms with Gasteiger partial charge in [0.2, 0.25) is 0 Å². The Bertz CT molecular complexity index is 228. The molecule has 0 bridgehead atoms. The zero-order valence-corrected chi connectivity index (χ0v) is 7.82. The third kappa shape index (κ3) is 2.51. The summed E-state index contributed by atoms with van der Waals surface area (Å²) in [5.41, 5.74) is 1.30. The van der Waals surface area contributed by atoms with Crippen LogP contribution in [0.5, 0.6) is 0 Å². The van der Waals surface area contributed by atoms with Crippen molar-refractivity contribution < 1.29 is 0 Å². The van der Waals surface area contributed by atoms with E-state index in [1.165, 1.54) is 5.56 Å². The van der Waals surface area contributed by atoms with Crippen molar-refractivity contribution in [3.8, 4) is 0 Å². The molecule has 0 aliphatic rings. The zero-order valence-electron chi connectivity index (χ0n) is 7.00. The largest absolute Gasteiger partial charge is 0.0798 e. The van der Waals surface area contributed by atoms with E-state index >= 15 is 0 Å². The van der Waals surface area contributed by atoms with Crippen LogP contribution in [0.1, 0.15) is 19.4 Å². The van der Waals surface area contributed by atoms with Crippen molar-refractivity contribution >= 4 is 12.6 Å². The predicted molar refractivity (Wildman–Crippen MR) is 50.8 cm³/mol. The third-order valence-electron chi connectivity index (χ3n) is 1.60. The van der Waals surface area contributed by atoms with Gasteiger partial charge < -0.3 is 0 Å². The standard InChI is InChI=1S/C10H13S/c1-8(2)7-9-5-3-4-6-10(9)11/h3-6,8H,7H2,1-2H3. The van der Waals surface area contributed by atoms with E-state index < -0.39 is 0 Å². The Hall–Kier alpha value is -0.560. The minimum atomic E-state index is 0.694. The molecular formula is C10H13S. The van der Waals surface area contributed by atoms with E-state index in [1.807, 2.05) is 18.2 Å². The average molecular weight is 165 g/mol. The topological polar surface area (TPSA) is 0 Å². The van der Waals surface area contributed by atoms with Crippen molar-refractivity contribution in [2.24, 2.45) is 5.92 Å². The maximum atomic E-state index is 5.17. The summed E-state index contributed by atoms with van der Waals surface area (Å²) < 4.78 is 0. The first-order valence-corrected chi connectivity index (χ1v) is 4.36. The lowest BCUT2D eigenvalue weighted by atomic mass is 10.0. The summed E-state index contributed by atoms with van der Waals surface area (Å²) in [5.74, 6) is 0.694. The second kappa shape index (κ2) is 3.72. The van der Waals surface area contributed by atoms with Crippen LogP contribution < -0.4 is 0 Å². The summed E-state index contributed by atoms with van der Waals surface area (Å²) in [6.07, 6.45) is 1.10. The van der Waals surface area contributed by atoms with Gasteiger partial charge in [-0.3, -0.25) is 0 Å². The summed E-state index contributed by atoms with van der Waals surface area (Å²) in [6, 6.07) is 8.15. The molecule has 1 rings (SSSR count). The maximum absolute atomic E-state index is 5.17. The number of benzene rings is 1. The highest BCUT2D eigenvalue weighted by Gasteiger charge is 2.00. The fraction of sp³-hybridized carbons (Fsp3) is 0.400. The van der Waals surface area contributed by atoms with E-state index in [2.05, 4.69) is 19.9 Å². The van der Waals surface area contributed by atoms with E-state index in [9.17, 15) is 0 Å². The van der Waals surface area contributed by atoms with Crippen LogP contribution in [-0.2, 0) is 6.42 Å². The number of hydrogen-bond donors (Lipinski definition) is 0. The Morgan fingerprint density at radius 1 is 1.27 bits per heavy atom. The van der Waals surface area contributed by atoms with E-state index in [1.54, 1.807) is 0 Å². The molecule has 0 fully saturated rings. The van der Waals surface area contributed by atoms with Crippen LogP contribution in [0.2, 0.25) is 0 Å². The highest BCUT2D eigenvalue weighted by molar-refractivity contribution is 7.80. The van der Waals surface area contributed by atoms with Gasteiger partial charge in [0, 0.05) is 4.90 Å². The van der Waals surface area contributed by atoms with Crippen molar-refractivity contribution in [3.63, 3.8) is 0 Å². The molecule has 59 valence electrons. The molecule has 0 atom stereocenters. The maximum Gasteiger partial charge on any atom is 0.0409 e. The third-order valence-corrected chi connectivity index (χ3v) is 2.00. The van der Waals surface area contributed by atoms with Gasteiger partial charge in [-0.25, -0.2) is 0 Å². The Morgan fingerprint density at radius 3 is 2.45 bits per heavy atom. The minimum absolute atomic E-state index is 0.694. The van der Waals surface area contributed by atoms with Gasteiger partial charge >= 0.3 is 0 Å². The summed E-state index contributed by atoms with van der Waals surface area (Å²) in [6.45, 7) is 4.42. The van der Waals surface area contributed by atoms with Crippen molar-refractivity contribution in [2.75, 3.05) is 0 Å². The molecule has 0 saturated carbocycles. The number of hydrogen-bond acceptors (Lipinski definition) is 0. The highest BCUT2D eigenvalue weighted by atomic mass is 32.1.